The van der Waals surface area contributed by atoms with Gasteiger partial charge < -0.3 is 0 Å². The van der Waals surface area contributed by atoms with Crippen molar-refractivity contribution >= 4 is 5.78 Å². The minimum absolute atomic E-state index is 0.0663. The first-order chi connectivity index (χ1) is 9.77. The molecular weight excluding hydrogens is 279 g/mol. The van der Waals surface area contributed by atoms with Gasteiger partial charge in [0.2, 0.25) is 0 Å². The fourth-order valence-electron chi connectivity index (χ4n) is 2.79. The quantitative estimate of drug-likeness (QED) is 0.792. The van der Waals surface area contributed by atoms with Gasteiger partial charge in [-0.15, -0.1) is 0 Å². The molecule has 5 heteroatoms. The Morgan fingerprint density at radius 3 is 2.71 bits per heavy atom. The Hall–Kier alpha value is -1.36. The molecule has 0 radical (unpaired) electrons. The average Bonchev–Trinajstić information content (AvgIpc) is 2.41. The Bertz CT molecular complexity index is 525. The van der Waals surface area contributed by atoms with Crippen LogP contribution in [-0.4, -0.2) is 36.5 Å². The number of carbonyl (C=O) groups is 1. The van der Waals surface area contributed by atoms with Crippen LogP contribution in [-0.2, 0) is 0 Å². The third-order valence-electron chi connectivity index (χ3n) is 4.03. The van der Waals surface area contributed by atoms with Gasteiger partial charge in [-0.1, -0.05) is 17.7 Å². The van der Waals surface area contributed by atoms with Gasteiger partial charge in [-0.05, 0) is 44.9 Å². The first-order valence-electron chi connectivity index (χ1n) is 7.17. The van der Waals surface area contributed by atoms with Crippen molar-refractivity contribution in [2.24, 2.45) is 5.92 Å². The predicted molar refractivity (Wildman–Crippen MR) is 75.5 cm³/mol. The zero-order valence-corrected chi connectivity index (χ0v) is 12.3. The zero-order chi connectivity index (χ0) is 15.6. The normalized spacial score (nSPS) is 20.5. The lowest BCUT2D eigenvalue weighted by atomic mass is 9.96. The second kappa shape index (κ2) is 6.18. The average molecular weight is 299 g/mol. The lowest BCUT2D eigenvalue weighted by Gasteiger charge is -2.33. The highest BCUT2D eigenvalue weighted by Crippen LogP contribution is 2.33. The Labute approximate surface area is 122 Å². The van der Waals surface area contributed by atoms with Crippen LogP contribution in [0.4, 0.5) is 13.2 Å². The summed E-state index contributed by atoms with van der Waals surface area (Å²) in [5.41, 5.74) is 2.47. The van der Waals surface area contributed by atoms with E-state index in [-0.39, 0.29) is 25.3 Å². The molecule has 0 aliphatic carbocycles. The maximum atomic E-state index is 12.8. The molecule has 1 aromatic carbocycles. The number of piperidine rings is 1. The molecule has 1 aliphatic rings. The number of nitrogens with zero attached hydrogens (tertiary/aromatic N) is 1. The highest BCUT2D eigenvalue weighted by molar-refractivity contribution is 5.99. The molecule has 1 fully saturated rings. The van der Waals surface area contributed by atoms with Crippen molar-refractivity contribution in [3.8, 4) is 0 Å². The summed E-state index contributed by atoms with van der Waals surface area (Å²) in [7, 11) is 0. The molecule has 1 heterocycles. The molecule has 1 atom stereocenters. The minimum atomic E-state index is -4.17. The van der Waals surface area contributed by atoms with Crippen molar-refractivity contribution in [2.45, 2.75) is 32.9 Å². The fraction of sp³-hybridized carbons (Fsp3) is 0.562. The lowest BCUT2D eigenvalue weighted by molar-refractivity contribution is -0.186. The monoisotopic (exact) mass is 299 g/mol. The smallest absolute Gasteiger partial charge is 0.295 e. The molecule has 2 nitrogen and oxygen atoms in total. The van der Waals surface area contributed by atoms with Gasteiger partial charge >= 0.3 is 6.18 Å². The molecule has 0 bridgehead atoms. The van der Waals surface area contributed by atoms with Crippen molar-refractivity contribution in [3.63, 3.8) is 0 Å². The predicted octanol–water partition coefficient (Wildman–Crippen LogP) is 3.76. The summed E-state index contributed by atoms with van der Waals surface area (Å²) in [6.07, 6.45) is -3.51. The van der Waals surface area contributed by atoms with Crippen LogP contribution >= 0.6 is 0 Å². The summed E-state index contributed by atoms with van der Waals surface area (Å²) < 4.78 is 38.3. The number of ketones is 1. The largest absolute Gasteiger partial charge is 0.393 e. The number of hydrogen-bond acceptors (Lipinski definition) is 2. The maximum Gasteiger partial charge on any atom is 0.393 e. The van der Waals surface area contributed by atoms with Gasteiger partial charge in [0.05, 0.1) is 12.5 Å². The molecular formula is C16H20F3NO. The second-order valence-electron chi connectivity index (χ2n) is 5.86. The zero-order valence-electron chi connectivity index (χ0n) is 12.3. The van der Waals surface area contributed by atoms with Gasteiger partial charge in [0.15, 0.2) is 5.78 Å². The minimum Gasteiger partial charge on any atom is -0.295 e. The molecule has 1 unspecified atom stereocenters. The van der Waals surface area contributed by atoms with E-state index in [1.165, 1.54) is 0 Å². The lowest BCUT2D eigenvalue weighted by Crippen LogP contribution is -2.43. The van der Waals surface area contributed by atoms with Crippen molar-refractivity contribution < 1.29 is 18.0 Å². The molecule has 0 aromatic heterocycles. The Balaban J connectivity index is 2.04. The molecule has 1 aliphatic heterocycles. The number of alkyl halides is 3. The number of carbonyl (C=O) groups excluding carboxylic acids is 1. The Morgan fingerprint density at radius 2 is 2.05 bits per heavy atom. The highest BCUT2D eigenvalue weighted by Gasteiger charge is 2.41. The molecule has 0 amide bonds. The standard InChI is InChI=1S/C16H20F3NO/c1-11-5-6-12(2)14(8-11)15(21)10-20-7-3-4-13(9-20)16(17,18)19/h5-6,8,13H,3-4,7,9-10H2,1-2H3. The third-order valence-corrected chi connectivity index (χ3v) is 4.03. The molecule has 21 heavy (non-hydrogen) atoms. The van der Waals surface area contributed by atoms with E-state index in [9.17, 15) is 18.0 Å². The SMILES string of the molecule is Cc1ccc(C)c(C(=O)CN2CCCC(C(F)(F)F)C2)c1. The van der Waals surface area contributed by atoms with E-state index >= 15 is 0 Å². The highest BCUT2D eigenvalue weighted by atomic mass is 19.4. The van der Waals surface area contributed by atoms with Crippen molar-refractivity contribution in [1.29, 1.82) is 0 Å². The van der Waals surface area contributed by atoms with Crippen molar-refractivity contribution in [2.75, 3.05) is 19.6 Å². The van der Waals surface area contributed by atoms with E-state index in [2.05, 4.69) is 0 Å². The van der Waals surface area contributed by atoms with E-state index in [1.54, 1.807) is 4.90 Å². The Morgan fingerprint density at radius 1 is 1.33 bits per heavy atom. The van der Waals surface area contributed by atoms with Crippen molar-refractivity contribution in [1.82, 2.24) is 4.90 Å². The number of halogens is 3. The number of Topliss-reactive ketones (excluding diaryl/α,β-unsaturated/α-hetero) is 1. The summed E-state index contributed by atoms with van der Waals surface area (Å²) in [5.74, 6) is -1.41. The van der Waals surface area contributed by atoms with Crippen LogP contribution in [0.15, 0.2) is 18.2 Å². The number of likely N-dealkylation sites (tertiary alicyclic amines) is 1. The van der Waals surface area contributed by atoms with Gasteiger partial charge in [-0.2, -0.15) is 13.2 Å². The van der Waals surface area contributed by atoms with Crippen molar-refractivity contribution in [3.05, 3.63) is 34.9 Å². The molecule has 0 N–H and O–H groups in total. The number of rotatable bonds is 3. The number of benzene rings is 1. The van der Waals surface area contributed by atoms with Crippen LogP contribution < -0.4 is 0 Å². The van der Waals surface area contributed by atoms with Crippen LogP contribution in [0.2, 0.25) is 0 Å². The van der Waals surface area contributed by atoms with Gasteiger partial charge in [0.1, 0.15) is 0 Å². The summed E-state index contributed by atoms with van der Waals surface area (Å²) >= 11 is 0. The van der Waals surface area contributed by atoms with Gasteiger partial charge in [0, 0.05) is 12.1 Å². The van der Waals surface area contributed by atoms with Crippen LogP contribution in [0, 0.1) is 19.8 Å². The van der Waals surface area contributed by atoms with Gasteiger partial charge in [0.25, 0.3) is 0 Å². The van der Waals surface area contributed by atoms with E-state index < -0.39 is 12.1 Å². The first-order valence-corrected chi connectivity index (χ1v) is 7.17. The summed E-state index contributed by atoms with van der Waals surface area (Å²) in [6.45, 7) is 4.30. The molecule has 1 aromatic rings. The van der Waals surface area contributed by atoms with Crippen LogP contribution in [0.5, 0.6) is 0 Å². The number of aryl methyl sites for hydroxylation is 2. The van der Waals surface area contributed by atoms with Crippen LogP contribution in [0.3, 0.4) is 0 Å². The topological polar surface area (TPSA) is 20.3 Å². The Kier molecular flexibility index (Phi) is 4.71. The van der Waals surface area contributed by atoms with Crippen LogP contribution in [0.25, 0.3) is 0 Å². The summed E-state index contributed by atoms with van der Waals surface area (Å²) in [5, 5.41) is 0. The van der Waals surface area contributed by atoms with Gasteiger partial charge in [-0.25, -0.2) is 0 Å². The molecule has 0 saturated carbocycles. The summed E-state index contributed by atoms with van der Waals surface area (Å²) in [4.78, 5) is 14.0. The fourth-order valence-corrected chi connectivity index (χ4v) is 2.79. The molecule has 0 spiro atoms. The number of hydrogen-bond donors (Lipinski definition) is 0. The molecule has 116 valence electrons. The third kappa shape index (κ3) is 4.06. The maximum absolute atomic E-state index is 12.8. The summed E-state index contributed by atoms with van der Waals surface area (Å²) in [6, 6.07) is 5.60. The van der Waals surface area contributed by atoms with Gasteiger partial charge in [-0.3, -0.25) is 9.69 Å². The first kappa shape index (κ1) is 16.0. The molecule has 2 rings (SSSR count). The van der Waals surface area contributed by atoms with E-state index in [4.69, 9.17) is 0 Å². The van der Waals surface area contributed by atoms with E-state index in [0.717, 1.165) is 11.1 Å². The van der Waals surface area contributed by atoms with E-state index in [1.807, 2.05) is 32.0 Å². The second-order valence-corrected chi connectivity index (χ2v) is 5.86. The van der Waals surface area contributed by atoms with E-state index in [0.29, 0.717) is 18.5 Å². The molecule has 1 saturated heterocycles. The van der Waals surface area contributed by atoms with Crippen LogP contribution in [0.1, 0.15) is 34.3 Å².